The Bertz CT molecular complexity index is 501. The molecule has 1 saturated heterocycles. The highest BCUT2D eigenvalue weighted by Crippen LogP contribution is 2.28. The van der Waals surface area contributed by atoms with Gasteiger partial charge in [0.25, 0.3) is 0 Å². The first-order valence-corrected chi connectivity index (χ1v) is 7.97. The van der Waals surface area contributed by atoms with Crippen LogP contribution in [-0.4, -0.2) is 35.6 Å². The van der Waals surface area contributed by atoms with Crippen LogP contribution in [0.25, 0.3) is 0 Å². The first-order valence-electron chi connectivity index (χ1n) is 7.60. The lowest BCUT2D eigenvalue weighted by molar-refractivity contribution is -0.139. The molecule has 1 aromatic carbocycles. The summed E-state index contributed by atoms with van der Waals surface area (Å²) in [5.41, 5.74) is 0.745. The van der Waals surface area contributed by atoms with Crippen molar-refractivity contribution in [2.24, 2.45) is 0 Å². The number of carbonyl (C=O) groups excluding carboxylic acids is 1. The quantitative estimate of drug-likeness (QED) is 0.849. The summed E-state index contributed by atoms with van der Waals surface area (Å²) < 4.78 is 5.75. The lowest BCUT2D eigenvalue weighted by atomic mass is 9.92. The second-order valence-electron chi connectivity index (χ2n) is 6.20. The van der Waals surface area contributed by atoms with Crippen LogP contribution in [0.15, 0.2) is 24.3 Å². The average Bonchev–Trinajstić information content (AvgIpc) is 2.41. The molecule has 0 unspecified atom stereocenters. The van der Waals surface area contributed by atoms with Crippen molar-refractivity contribution in [3.63, 3.8) is 0 Å². The van der Waals surface area contributed by atoms with Gasteiger partial charge in [-0.25, -0.2) is 0 Å². The van der Waals surface area contributed by atoms with Crippen LogP contribution in [0, 0.1) is 0 Å². The first-order chi connectivity index (χ1) is 9.93. The summed E-state index contributed by atoms with van der Waals surface area (Å²) in [5.74, 6) is 0.147. The van der Waals surface area contributed by atoms with Crippen molar-refractivity contribution < 1.29 is 9.53 Å². The van der Waals surface area contributed by atoms with Crippen molar-refractivity contribution in [2.75, 3.05) is 13.2 Å². The Morgan fingerprint density at radius 2 is 2.14 bits per heavy atom. The number of amides is 1. The third-order valence-corrected chi connectivity index (χ3v) is 4.44. The van der Waals surface area contributed by atoms with Crippen LogP contribution in [0.2, 0.25) is 5.02 Å². The van der Waals surface area contributed by atoms with Gasteiger partial charge in [0.1, 0.15) is 0 Å². The Morgan fingerprint density at radius 1 is 1.43 bits per heavy atom. The van der Waals surface area contributed by atoms with Gasteiger partial charge in [-0.15, -0.1) is 0 Å². The molecule has 0 aromatic heterocycles. The zero-order valence-corrected chi connectivity index (χ0v) is 13.8. The van der Waals surface area contributed by atoms with E-state index in [9.17, 15) is 4.79 Å². The summed E-state index contributed by atoms with van der Waals surface area (Å²) in [6, 6.07) is 7.81. The molecule has 0 aliphatic carbocycles. The minimum absolute atomic E-state index is 0.147. The summed E-state index contributed by atoms with van der Waals surface area (Å²) in [6.45, 7) is 7.65. The number of halogens is 1. The molecule has 116 valence electrons. The summed E-state index contributed by atoms with van der Waals surface area (Å²) in [6.07, 6.45) is 2.16. The van der Waals surface area contributed by atoms with Crippen LogP contribution < -0.4 is 0 Å². The second-order valence-corrected chi connectivity index (χ2v) is 6.61. The molecule has 2 rings (SSSR count). The van der Waals surface area contributed by atoms with Crippen molar-refractivity contribution in [2.45, 2.75) is 51.7 Å². The summed E-state index contributed by atoms with van der Waals surface area (Å²) >= 11 is 6.16. The molecule has 0 N–H and O–H groups in total. The maximum absolute atomic E-state index is 12.6. The van der Waals surface area contributed by atoms with E-state index < -0.39 is 0 Å². The van der Waals surface area contributed by atoms with Gasteiger partial charge < -0.3 is 9.64 Å². The normalized spacial score (nSPS) is 21.0. The van der Waals surface area contributed by atoms with Gasteiger partial charge in [0.05, 0.1) is 12.0 Å². The predicted octanol–water partition coefficient (Wildman–Crippen LogP) is 3.69. The summed E-state index contributed by atoms with van der Waals surface area (Å²) in [5, 5.41) is 0.661. The van der Waals surface area contributed by atoms with Gasteiger partial charge in [-0.05, 0) is 45.2 Å². The molecule has 21 heavy (non-hydrogen) atoms. The Morgan fingerprint density at radius 3 is 2.76 bits per heavy atom. The number of benzene rings is 1. The molecule has 3 nitrogen and oxygen atoms in total. The number of hydrogen-bond acceptors (Lipinski definition) is 2. The van der Waals surface area contributed by atoms with E-state index in [-0.39, 0.29) is 17.6 Å². The molecule has 0 saturated carbocycles. The standard InChI is InChI=1S/C17H24ClNO2/c1-4-19(14-9-10-21-17(2,3)12-14)16(20)11-13-7-5-6-8-15(13)18/h5-8,14H,4,9-12H2,1-3H3/t14-/m1/s1. The lowest BCUT2D eigenvalue weighted by Gasteiger charge is -2.41. The van der Waals surface area contributed by atoms with Crippen molar-refractivity contribution in [1.29, 1.82) is 0 Å². The molecule has 1 atom stereocenters. The third kappa shape index (κ3) is 4.21. The molecule has 1 aliphatic heterocycles. The molecule has 1 heterocycles. The fraction of sp³-hybridized carbons (Fsp3) is 0.588. The Kier molecular flexibility index (Phi) is 5.28. The van der Waals surface area contributed by atoms with E-state index in [2.05, 4.69) is 13.8 Å². The van der Waals surface area contributed by atoms with Gasteiger partial charge in [0, 0.05) is 24.2 Å². The maximum atomic E-state index is 12.6. The van der Waals surface area contributed by atoms with Gasteiger partial charge in [0.2, 0.25) is 5.91 Å². The van der Waals surface area contributed by atoms with E-state index >= 15 is 0 Å². The number of likely N-dealkylation sites (N-methyl/N-ethyl adjacent to an activating group) is 1. The highest BCUT2D eigenvalue weighted by Gasteiger charge is 2.33. The number of carbonyl (C=O) groups is 1. The molecule has 0 spiro atoms. The van der Waals surface area contributed by atoms with E-state index in [1.807, 2.05) is 36.1 Å². The fourth-order valence-electron chi connectivity index (χ4n) is 3.01. The van der Waals surface area contributed by atoms with Crippen LogP contribution in [0.1, 0.15) is 39.2 Å². The smallest absolute Gasteiger partial charge is 0.227 e. The molecule has 4 heteroatoms. The molecular formula is C17H24ClNO2. The van der Waals surface area contributed by atoms with Crippen LogP contribution in [0.3, 0.4) is 0 Å². The van der Waals surface area contributed by atoms with Crippen LogP contribution >= 0.6 is 11.6 Å². The minimum Gasteiger partial charge on any atom is -0.375 e. The molecule has 1 aliphatic rings. The maximum Gasteiger partial charge on any atom is 0.227 e. The van der Waals surface area contributed by atoms with Crippen molar-refractivity contribution in [1.82, 2.24) is 4.90 Å². The van der Waals surface area contributed by atoms with Crippen molar-refractivity contribution >= 4 is 17.5 Å². The Hall–Kier alpha value is -1.06. The van der Waals surface area contributed by atoms with Gasteiger partial charge >= 0.3 is 0 Å². The number of ether oxygens (including phenoxy) is 1. The monoisotopic (exact) mass is 309 g/mol. The Labute approximate surface area is 132 Å². The van der Waals surface area contributed by atoms with E-state index in [4.69, 9.17) is 16.3 Å². The van der Waals surface area contributed by atoms with Gasteiger partial charge in [-0.1, -0.05) is 29.8 Å². The van der Waals surface area contributed by atoms with E-state index in [1.165, 1.54) is 0 Å². The number of rotatable bonds is 4. The highest BCUT2D eigenvalue weighted by molar-refractivity contribution is 6.31. The highest BCUT2D eigenvalue weighted by atomic mass is 35.5. The SMILES string of the molecule is CCN(C(=O)Cc1ccccc1Cl)[C@@H]1CCOC(C)(C)C1. The number of nitrogens with zero attached hydrogens (tertiary/aromatic N) is 1. The van der Waals surface area contributed by atoms with Crippen LogP contribution in [0.5, 0.6) is 0 Å². The van der Waals surface area contributed by atoms with E-state index in [1.54, 1.807) is 0 Å². The average molecular weight is 310 g/mol. The molecule has 1 fully saturated rings. The first kappa shape index (κ1) is 16.3. The molecular weight excluding hydrogens is 286 g/mol. The topological polar surface area (TPSA) is 29.5 Å². The van der Waals surface area contributed by atoms with E-state index in [0.717, 1.165) is 24.9 Å². The predicted molar refractivity (Wildman–Crippen MR) is 85.6 cm³/mol. The van der Waals surface area contributed by atoms with E-state index in [0.29, 0.717) is 18.1 Å². The van der Waals surface area contributed by atoms with Crippen molar-refractivity contribution in [3.05, 3.63) is 34.9 Å². The summed E-state index contributed by atoms with van der Waals surface area (Å²) in [7, 11) is 0. The molecule has 1 amide bonds. The number of hydrogen-bond donors (Lipinski definition) is 0. The van der Waals surface area contributed by atoms with Crippen LogP contribution in [-0.2, 0) is 16.0 Å². The minimum atomic E-state index is -0.152. The van der Waals surface area contributed by atoms with Gasteiger partial charge in [-0.3, -0.25) is 4.79 Å². The molecule has 1 aromatic rings. The Balaban J connectivity index is 2.07. The summed E-state index contributed by atoms with van der Waals surface area (Å²) in [4.78, 5) is 14.6. The second kappa shape index (κ2) is 6.80. The fourth-order valence-corrected chi connectivity index (χ4v) is 3.21. The van der Waals surface area contributed by atoms with Gasteiger partial charge in [-0.2, -0.15) is 0 Å². The largest absolute Gasteiger partial charge is 0.375 e. The molecule has 0 bridgehead atoms. The van der Waals surface area contributed by atoms with Crippen LogP contribution in [0.4, 0.5) is 0 Å². The zero-order valence-electron chi connectivity index (χ0n) is 13.1. The lowest BCUT2D eigenvalue weighted by Crippen LogP contribution is -2.48. The third-order valence-electron chi connectivity index (χ3n) is 4.07. The zero-order chi connectivity index (χ0) is 15.5. The molecule has 0 radical (unpaired) electrons. The van der Waals surface area contributed by atoms with Gasteiger partial charge in [0.15, 0.2) is 0 Å². The van der Waals surface area contributed by atoms with Crippen molar-refractivity contribution in [3.8, 4) is 0 Å².